The molecular formula is C25H28FN3O2. The van der Waals surface area contributed by atoms with E-state index in [2.05, 4.69) is 50.0 Å². The van der Waals surface area contributed by atoms with Gasteiger partial charge in [-0.2, -0.15) is 0 Å². The van der Waals surface area contributed by atoms with Crippen LogP contribution in [-0.4, -0.2) is 28.9 Å². The maximum absolute atomic E-state index is 13.1. The van der Waals surface area contributed by atoms with Crippen LogP contribution >= 0.6 is 0 Å². The van der Waals surface area contributed by atoms with Gasteiger partial charge in [-0.25, -0.2) is 9.18 Å². The van der Waals surface area contributed by atoms with E-state index in [-0.39, 0.29) is 29.5 Å². The zero-order valence-electron chi connectivity index (χ0n) is 18.4. The van der Waals surface area contributed by atoms with Gasteiger partial charge in [-0.3, -0.25) is 9.69 Å². The minimum absolute atomic E-state index is 0.0946. The number of fused-ring (bicyclic) bond motifs is 1. The van der Waals surface area contributed by atoms with Crippen LogP contribution in [-0.2, 0) is 11.3 Å². The molecule has 2 aliphatic heterocycles. The van der Waals surface area contributed by atoms with Gasteiger partial charge in [0.2, 0.25) is 0 Å². The molecule has 0 bridgehead atoms. The minimum Gasteiger partial charge on any atom is -0.366 e. The van der Waals surface area contributed by atoms with Gasteiger partial charge < -0.3 is 10.2 Å². The van der Waals surface area contributed by atoms with E-state index < -0.39 is 6.03 Å². The van der Waals surface area contributed by atoms with Crippen LogP contribution in [0.5, 0.6) is 0 Å². The highest BCUT2D eigenvalue weighted by Gasteiger charge is 2.36. The summed E-state index contributed by atoms with van der Waals surface area (Å²) in [5.74, 6) is -0.334. The second-order valence-electron chi connectivity index (χ2n) is 8.99. The maximum Gasteiger partial charge on any atom is 0.329 e. The summed E-state index contributed by atoms with van der Waals surface area (Å²) in [5.41, 5.74) is 4.41. The van der Waals surface area contributed by atoms with Crippen molar-refractivity contribution >= 4 is 23.7 Å². The third-order valence-corrected chi connectivity index (χ3v) is 6.25. The molecule has 162 valence electrons. The molecule has 31 heavy (non-hydrogen) atoms. The average molecular weight is 422 g/mol. The Morgan fingerprint density at radius 2 is 1.87 bits per heavy atom. The van der Waals surface area contributed by atoms with Crippen LogP contribution in [0.4, 0.5) is 14.9 Å². The molecule has 0 radical (unpaired) electrons. The Hall–Kier alpha value is -3.15. The van der Waals surface area contributed by atoms with Crippen molar-refractivity contribution in [1.82, 2.24) is 10.2 Å². The molecular weight excluding hydrogens is 393 g/mol. The number of hydrogen-bond donors (Lipinski definition) is 1. The molecule has 0 aromatic heterocycles. The largest absolute Gasteiger partial charge is 0.366 e. The summed E-state index contributed by atoms with van der Waals surface area (Å²) in [6.45, 7) is 9.98. The number of urea groups is 1. The van der Waals surface area contributed by atoms with E-state index >= 15 is 0 Å². The van der Waals surface area contributed by atoms with Crippen LogP contribution < -0.4 is 10.2 Å². The highest BCUT2D eigenvalue weighted by Crippen LogP contribution is 2.43. The van der Waals surface area contributed by atoms with Crippen molar-refractivity contribution in [1.29, 1.82) is 0 Å². The van der Waals surface area contributed by atoms with E-state index in [1.807, 2.05) is 6.07 Å². The summed E-state index contributed by atoms with van der Waals surface area (Å²) < 4.78 is 13.1. The van der Waals surface area contributed by atoms with Crippen LogP contribution in [0, 0.1) is 5.82 Å². The van der Waals surface area contributed by atoms with Crippen LogP contribution in [0.25, 0.3) is 6.08 Å². The van der Waals surface area contributed by atoms with E-state index in [0.29, 0.717) is 11.5 Å². The summed E-state index contributed by atoms with van der Waals surface area (Å²) in [7, 11) is 0. The van der Waals surface area contributed by atoms with E-state index in [0.717, 1.165) is 23.4 Å². The van der Waals surface area contributed by atoms with Crippen molar-refractivity contribution in [3.05, 3.63) is 70.7 Å². The van der Waals surface area contributed by atoms with Gasteiger partial charge in [0.05, 0.1) is 6.54 Å². The van der Waals surface area contributed by atoms with Gasteiger partial charge >= 0.3 is 6.03 Å². The first kappa shape index (κ1) is 21.1. The van der Waals surface area contributed by atoms with Gasteiger partial charge in [-0.05, 0) is 80.1 Å². The first-order valence-corrected chi connectivity index (χ1v) is 10.7. The minimum atomic E-state index is -0.467. The van der Waals surface area contributed by atoms with Crippen molar-refractivity contribution in [3.8, 4) is 0 Å². The Balaban J connectivity index is 1.59. The standard InChI is InChI=1S/C25H28FN3O2/c1-5-29-22-11-8-18(12-20(22)16(2)14-25(29,3)4)13-21-23(30)28(24(31)27-21)15-17-6-9-19(26)10-7-17/h6-13,16H,5,14-15H2,1-4H3,(H,27,31)/b21-13-/t16-/m0/s1. The normalized spacial score (nSPS) is 21.5. The van der Waals surface area contributed by atoms with Crippen LogP contribution in [0.2, 0.25) is 0 Å². The lowest BCUT2D eigenvalue weighted by molar-refractivity contribution is -0.123. The third kappa shape index (κ3) is 3.94. The Bertz CT molecular complexity index is 1060. The molecule has 5 nitrogen and oxygen atoms in total. The zero-order chi connectivity index (χ0) is 22.3. The summed E-state index contributed by atoms with van der Waals surface area (Å²) in [6, 6.07) is 11.5. The third-order valence-electron chi connectivity index (χ3n) is 6.25. The number of amides is 3. The lowest BCUT2D eigenvalue weighted by atomic mass is 9.79. The van der Waals surface area contributed by atoms with Crippen molar-refractivity contribution in [2.45, 2.75) is 52.1 Å². The first-order valence-electron chi connectivity index (χ1n) is 10.7. The van der Waals surface area contributed by atoms with Crippen LogP contribution in [0.3, 0.4) is 0 Å². The smallest absolute Gasteiger partial charge is 0.329 e. The Labute approximate surface area is 182 Å². The van der Waals surface area contributed by atoms with Gasteiger partial charge in [-0.1, -0.05) is 25.1 Å². The van der Waals surface area contributed by atoms with Gasteiger partial charge in [0.25, 0.3) is 5.91 Å². The number of anilines is 1. The summed E-state index contributed by atoms with van der Waals surface area (Å²) >= 11 is 0. The molecule has 3 amide bonds. The van der Waals surface area contributed by atoms with Crippen molar-refractivity contribution in [2.75, 3.05) is 11.4 Å². The lowest BCUT2D eigenvalue weighted by Crippen LogP contribution is -2.48. The topological polar surface area (TPSA) is 52.7 Å². The first-order chi connectivity index (χ1) is 14.7. The molecule has 2 aromatic carbocycles. The Kier molecular flexibility index (Phi) is 5.33. The number of rotatable bonds is 4. The van der Waals surface area contributed by atoms with E-state index in [1.165, 1.54) is 23.4 Å². The highest BCUT2D eigenvalue weighted by molar-refractivity contribution is 6.13. The summed E-state index contributed by atoms with van der Waals surface area (Å²) in [4.78, 5) is 28.8. The number of halogens is 1. The molecule has 2 heterocycles. The fourth-order valence-electron chi connectivity index (χ4n) is 4.85. The fraction of sp³-hybridized carbons (Fsp3) is 0.360. The quantitative estimate of drug-likeness (QED) is 0.556. The van der Waals surface area contributed by atoms with E-state index in [4.69, 9.17) is 0 Å². The van der Waals surface area contributed by atoms with Crippen molar-refractivity contribution in [2.24, 2.45) is 0 Å². The molecule has 1 fully saturated rings. The average Bonchev–Trinajstić information content (AvgIpc) is 2.97. The van der Waals surface area contributed by atoms with E-state index in [1.54, 1.807) is 18.2 Å². The lowest BCUT2D eigenvalue weighted by Gasteiger charge is -2.47. The molecule has 4 rings (SSSR count). The highest BCUT2D eigenvalue weighted by atomic mass is 19.1. The number of imide groups is 1. The van der Waals surface area contributed by atoms with Gasteiger partial charge in [-0.15, -0.1) is 0 Å². The van der Waals surface area contributed by atoms with Gasteiger partial charge in [0.15, 0.2) is 0 Å². The fourth-order valence-corrected chi connectivity index (χ4v) is 4.85. The second-order valence-corrected chi connectivity index (χ2v) is 8.99. The van der Waals surface area contributed by atoms with Crippen molar-refractivity contribution in [3.63, 3.8) is 0 Å². The Morgan fingerprint density at radius 1 is 1.16 bits per heavy atom. The molecule has 1 N–H and O–H groups in total. The number of hydrogen-bond acceptors (Lipinski definition) is 3. The molecule has 6 heteroatoms. The molecule has 1 atom stereocenters. The molecule has 2 aliphatic rings. The maximum atomic E-state index is 13.1. The number of carbonyl (C=O) groups is 2. The second kappa shape index (κ2) is 7.84. The van der Waals surface area contributed by atoms with E-state index in [9.17, 15) is 14.0 Å². The number of nitrogens with zero attached hydrogens (tertiary/aromatic N) is 2. The monoisotopic (exact) mass is 421 g/mol. The number of nitrogens with one attached hydrogen (secondary N) is 1. The molecule has 0 aliphatic carbocycles. The molecule has 0 saturated carbocycles. The molecule has 2 aromatic rings. The molecule has 1 saturated heterocycles. The number of benzene rings is 2. The predicted octanol–water partition coefficient (Wildman–Crippen LogP) is 5.03. The van der Waals surface area contributed by atoms with Gasteiger partial charge in [0.1, 0.15) is 11.5 Å². The molecule has 0 spiro atoms. The van der Waals surface area contributed by atoms with Crippen LogP contribution in [0.1, 0.15) is 56.7 Å². The van der Waals surface area contributed by atoms with Crippen molar-refractivity contribution < 1.29 is 14.0 Å². The predicted molar refractivity (Wildman–Crippen MR) is 120 cm³/mol. The number of carbonyl (C=O) groups excluding carboxylic acids is 2. The molecule has 0 unspecified atom stereocenters. The SMILES string of the molecule is CCN1c2ccc(/C=C3\NC(=O)N(Cc4ccc(F)cc4)C3=O)cc2[C@@H](C)CC1(C)C. The van der Waals surface area contributed by atoms with Gasteiger partial charge in [0, 0.05) is 17.8 Å². The Morgan fingerprint density at radius 3 is 2.55 bits per heavy atom. The summed E-state index contributed by atoms with van der Waals surface area (Å²) in [6.07, 6.45) is 2.78. The van der Waals surface area contributed by atoms with Crippen LogP contribution in [0.15, 0.2) is 48.2 Å². The zero-order valence-corrected chi connectivity index (χ0v) is 18.4. The summed E-state index contributed by atoms with van der Waals surface area (Å²) in [5, 5.41) is 2.67.